The summed E-state index contributed by atoms with van der Waals surface area (Å²) in [5.41, 5.74) is 6.53. The molecule has 2 heterocycles. The molecule has 2 aliphatic heterocycles. The van der Waals surface area contributed by atoms with Crippen LogP contribution in [0.4, 0.5) is 4.79 Å². The van der Waals surface area contributed by atoms with E-state index in [-0.39, 0.29) is 18.7 Å². The van der Waals surface area contributed by atoms with Crippen molar-refractivity contribution in [3.8, 4) is 0 Å². The number of urea groups is 1. The molecule has 10 heteroatoms. The molecule has 0 aromatic rings. The molecule has 110 valence electrons. The molecule has 0 aromatic carbocycles. The Hall–Kier alpha value is -1.87. The van der Waals surface area contributed by atoms with E-state index in [1.807, 2.05) is 0 Å². The molecular weight excluding hydrogens is 270 g/mol. The lowest BCUT2D eigenvalue weighted by atomic mass is 10.1. The Morgan fingerprint density at radius 1 is 1.75 bits per heavy atom. The molecule has 0 spiro atoms. The summed E-state index contributed by atoms with van der Waals surface area (Å²) in [7, 11) is 0. The molecule has 20 heavy (non-hydrogen) atoms. The molecule has 0 bridgehead atoms. The van der Waals surface area contributed by atoms with Gasteiger partial charge < -0.3 is 20.3 Å². The summed E-state index contributed by atoms with van der Waals surface area (Å²) in [6.07, 6.45) is -2.15. The Kier molecular flexibility index (Phi) is 3.82. The van der Waals surface area contributed by atoms with E-state index >= 15 is 0 Å². The van der Waals surface area contributed by atoms with Gasteiger partial charge in [0.05, 0.1) is 13.2 Å². The molecular formula is C10H15N5O5. The third kappa shape index (κ3) is 2.41. The van der Waals surface area contributed by atoms with E-state index in [0.717, 1.165) is 0 Å². The summed E-state index contributed by atoms with van der Waals surface area (Å²) in [5, 5.41) is 25.0. The molecule has 4 atom stereocenters. The van der Waals surface area contributed by atoms with Gasteiger partial charge in [0.15, 0.2) is 11.5 Å². The van der Waals surface area contributed by atoms with Crippen LogP contribution in [0, 0.1) is 0 Å². The molecule has 0 saturated carbocycles. The summed E-state index contributed by atoms with van der Waals surface area (Å²) in [5.74, 6) is -0.192. The number of nitrogens with zero attached hydrogens (tertiary/aromatic N) is 4. The number of aliphatic hydroxyl groups is 2. The first-order valence-corrected chi connectivity index (χ1v) is 6.04. The van der Waals surface area contributed by atoms with Crippen molar-refractivity contribution in [1.82, 2.24) is 10.2 Å². The fourth-order valence-corrected chi connectivity index (χ4v) is 2.33. The number of Topliss-reactive ketones (excluding diaryl/α,β-unsaturated/α-hetero) is 1. The van der Waals surface area contributed by atoms with Gasteiger partial charge in [0.1, 0.15) is 18.4 Å². The lowest BCUT2D eigenvalue weighted by molar-refractivity contribution is -0.118. The second-order valence-corrected chi connectivity index (χ2v) is 4.80. The third-order valence-corrected chi connectivity index (χ3v) is 3.47. The van der Waals surface area contributed by atoms with Crippen molar-refractivity contribution >= 4 is 11.8 Å². The minimum absolute atomic E-state index is 0.101. The number of nitrogens with one attached hydrogen (secondary N) is 1. The monoisotopic (exact) mass is 285 g/mol. The molecule has 0 aromatic heterocycles. The number of rotatable bonds is 4. The molecule has 2 saturated heterocycles. The van der Waals surface area contributed by atoms with E-state index in [4.69, 9.17) is 15.4 Å². The average molecular weight is 285 g/mol. The summed E-state index contributed by atoms with van der Waals surface area (Å²) >= 11 is 0. The zero-order valence-corrected chi connectivity index (χ0v) is 10.8. The molecule has 2 aliphatic rings. The fourth-order valence-electron chi connectivity index (χ4n) is 2.33. The minimum atomic E-state index is -1.91. The Morgan fingerprint density at radius 2 is 2.45 bits per heavy atom. The standard InChI is InChI=1S/C10H15N5O5/c1-5(17)6-3-15(9(18)12-6)8-2-10(19,13-14-11)7(4-16)20-8/h6-8,16,19H,2-4H2,1H3,(H,12,18)/t6?,7-,8-,10+/m1/s1. The number of amides is 2. The Balaban J connectivity index is 2.14. The van der Waals surface area contributed by atoms with E-state index in [2.05, 4.69) is 15.3 Å². The van der Waals surface area contributed by atoms with Crippen LogP contribution in [-0.4, -0.2) is 64.2 Å². The van der Waals surface area contributed by atoms with Crippen molar-refractivity contribution in [2.45, 2.75) is 37.4 Å². The van der Waals surface area contributed by atoms with E-state index in [9.17, 15) is 14.7 Å². The predicted molar refractivity (Wildman–Crippen MR) is 64.2 cm³/mol. The van der Waals surface area contributed by atoms with Crippen molar-refractivity contribution in [2.24, 2.45) is 5.11 Å². The number of hydrogen-bond acceptors (Lipinski definition) is 6. The topological polar surface area (TPSA) is 148 Å². The maximum Gasteiger partial charge on any atom is 0.320 e. The quantitative estimate of drug-likeness (QED) is 0.347. The zero-order chi connectivity index (χ0) is 14.9. The van der Waals surface area contributed by atoms with E-state index < -0.39 is 36.7 Å². The van der Waals surface area contributed by atoms with Crippen LogP contribution in [0.25, 0.3) is 10.4 Å². The van der Waals surface area contributed by atoms with Crippen LogP contribution in [0.5, 0.6) is 0 Å². The van der Waals surface area contributed by atoms with E-state index in [1.165, 1.54) is 11.8 Å². The first-order valence-electron chi connectivity index (χ1n) is 6.04. The Labute approximate surface area is 113 Å². The second-order valence-electron chi connectivity index (χ2n) is 4.80. The molecule has 3 N–H and O–H groups in total. The first kappa shape index (κ1) is 14.5. The minimum Gasteiger partial charge on any atom is -0.394 e. The van der Waals surface area contributed by atoms with Crippen molar-refractivity contribution in [1.29, 1.82) is 0 Å². The van der Waals surface area contributed by atoms with Crippen LogP contribution in [0.2, 0.25) is 0 Å². The van der Waals surface area contributed by atoms with Gasteiger partial charge in [-0.2, -0.15) is 0 Å². The van der Waals surface area contributed by atoms with Crippen LogP contribution in [0.1, 0.15) is 13.3 Å². The maximum absolute atomic E-state index is 11.8. The fraction of sp³-hybridized carbons (Fsp3) is 0.800. The lowest BCUT2D eigenvalue weighted by Crippen LogP contribution is -2.38. The number of carbonyl (C=O) groups is 2. The van der Waals surface area contributed by atoms with Crippen molar-refractivity contribution in [2.75, 3.05) is 13.2 Å². The summed E-state index contributed by atoms with van der Waals surface area (Å²) < 4.78 is 5.35. The van der Waals surface area contributed by atoms with Crippen LogP contribution in [0.15, 0.2) is 5.11 Å². The lowest BCUT2D eigenvalue weighted by Gasteiger charge is -2.22. The summed E-state index contributed by atoms with van der Waals surface area (Å²) in [6.45, 7) is 0.901. The van der Waals surface area contributed by atoms with Gasteiger partial charge in [-0.3, -0.25) is 9.69 Å². The van der Waals surface area contributed by atoms with Gasteiger partial charge >= 0.3 is 6.03 Å². The molecule has 2 rings (SSSR count). The van der Waals surface area contributed by atoms with Crippen molar-refractivity contribution in [3.63, 3.8) is 0 Å². The second kappa shape index (κ2) is 5.25. The largest absolute Gasteiger partial charge is 0.394 e. The molecule has 0 radical (unpaired) electrons. The third-order valence-electron chi connectivity index (χ3n) is 3.47. The van der Waals surface area contributed by atoms with E-state index in [1.54, 1.807) is 0 Å². The van der Waals surface area contributed by atoms with Gasteiger partial charge in [-0.15, -0.1) is 0 Å². The van der Waals surface area contributed by atoms with Crippen molar-refractivity contribution < 1.29 is 24.5 Å². The smallest absolute Gasteiger partial charge is 0.320 e. The number of ketones is 1. The average Bonchev–Trinajstić information content (AvgIpc) is 2.90. The van der Waals surface area contributed by atoms with Gasteiger partial charge in [-0.1, -0.05) is 5.11 Å². The number of ether oxygens (including phenoxy) is 1. The number of carbonyl (C=O) groups excluding carboxylic acids is 2. The van der Waals surface area contributed by atoms with E-state index in [0.29, 0.717) is 0 Å². The highest BCUT2D eigenvalue weighted by molar-refractivity contribution is 5.90. The predicted octanol–water partition coefficient (Wildman–Crippen LogP) is -0.925. The Morgan fingerprint density at radius 3 is 2.95 bits per heavy atom. The molecule has 1 unspecified atom stereocenters. The number of aliphatic hydroxyl groups excluding tert-OH is 1. The normalized spacial score (nSPS) is 36.6. The molecule has 10 nitrogen and oxygen atoms in total. The number of azide groups is 1. The summed E-state index contributed by atoms with van der Waals surface area (Å²) in [4.78, 5) is 26.8. The van der Waals surface area contributed by atoms with Gasteiger partial charge in [0, 0.05) is 11.3 Å². The van der Waals surface area contributed by atoms with Gasteiger partial charge in [-0.25, -0.2) is 4.79 Å². The van der Waals surface area contributed by atoms with Crippen LogP contribution >= 0.6 is 0 Å². The highest BCUT2D eigenvalue weighted by Gasteiger charge is 2.51. The van der Waals surface area contributed by atoms with Crippen molar-refractivity contribution in [3.05, 3.63) is 10.4 Å². The Bertz CT molecular complexity index is 479. The van der Waals surface area contributed by atoms with Gasteiger partial charge in [0.2, 0.25) is 0 Å². The summed E-state index contributed by atoms with van der Waals surface area (Å²) in [6, 6.07) is -1.14. The van der Waals surface area contributed by atoms with Gasteiger partial charge in [0.25, 0.3) is 0 Å². The first-order chi connectivity index (χ1) is 9.41. The highest BCUT2D eigenvalue weighted by Crippen LogP contribution is 2.34. The SMILES string of the molecule is CC(=O)C1CN([C@H]2C[C@@](O)(N=[N+]=[N-])[C@@H](CO)O2)C(=O)N1. The number of hydrogen-bond donors (Lipinski definition) is 3. The molecule has 0 aliphatic carbocycles. The maximum atomic E-state index is 11.8. The van der Waals surface area contributed by atoms with Gasteiger partial charge in [-0.05, 0) is 12.5 Å². The molecule has 2 amide bonds. The van der Waals surface area contributed by atoms with Crippen LogP contribution in [-0.2, 0) is 9.53 Å². The molecule has 2 fully saturated rings. The van der Waals surface area contributed by atoms with Crippen LogP contribution in [0.3, 0.4) is 0 Å². The zero-order valence-electron chi connectivity index (χ0n) is 10.8. The van der Waals surface area contributed by atoms with Crippen LogP contribution < -0.4 is 5.32 Å². The highest BCUT2D eigenvalue weighted by atomic mass is 16.6.